The molecule has 0 saturated carbocycles. The van der Waals surface area contributed by atoms with Crippen LogP contribution < -0.4 is 0 Å². The number of fused-ring (bicyclic) bond motifs is 1. The number of nitrogens with zero attached hydrogens (tertiary/aromatic N) is 6. The van der Waals surface area contributed by atoms with Gasteiger partial charge >= 0.3 is 0 Å². The van der Waals surface area contributed by atoms with Crippen LogP contribution in [0.5, 0.6) is 0 Å². The number of aromatic nitrogens is 4. The van der Waals surface area contributed by atoms with Crippen molar-refractivity contribution in [1.82, 2.24) is 19.5 Å². The predicted octanol–water partition coefficient (Wildman–Crippen LogP) is 8.99. The van der Waals surface area contributed by atoms with Crippen LogP contribution in [0, 0.1) is 22.7 Å². The van der Waals surface area contributed by atoms with Gasteiger partial charge in [-0.2, -0.15) is 10.5 Å². The first-order valence-electron chi connectivity index (χ1n) is 15.7. The minimum atomic E-state index is -0.446. The molecular weight excluding hydrogens is 576 g/mol. The van der Waals surface area contributed by atoms with E-state index in [1.807, 2.05) is 84.9 Å². The van der Waals surface area contributed by atoms with Crippen molar-refractivity contribution in [2.24, 2.45) is 0 Å². The number of hydrogen-bond donors (Lipinski definition) is 0. The van der Waals surface area contributed by atoms with Gasteiger partial charge in [-0.15, -0.1) is 0 Å². The molecule has 4 heterocycles. The van der Waals surface area contributed by atoms with Crippen LogP contribution in [-0.2, 0) is 10.8 Å². The van der Waals surface area contributed by atoms with Gasteiger partial charge in [-0.05, 0) is 58.7 Å². The third-order valence-electron chi connectivity index (χ3n) is 10.2. The third kappa shape index (κ3) is 3.61. The fraction of sp³-hybridized carbons (Fsp3) is 0.146. The van der Waals surface area contributed by atoms with Crippen LogP contribution in [-0.4, -0.2) is 19.5 Å². The molecule has 6 heteroatoms. The first-order valence-corrected chi connectivity index (χ1v) is 15.7. The SMILES string of the molecule is CC1(C)c2cc(-c3nc(-c4ccccc4)nc(-c4ccccc4)n3)cc3c2-n2c4c1cc(C#N)cc4c1cc(C#N)cc(c12)C3(C)C. The Morgan fingerprint density at radius 1 is 0.511 bits per heavy atom. The standard InChI is InChI=1S/C41H28N6/c1-40(2)30-17-23(21-42)15-28-29-16-24(22-43)18-31-35(29)47(34(28)30)36-32(40)19-27(20-33(36)41(31,3)4)39-45-37(25-11-7-5-8-12-25)44-38(46-39)26-13-9-6-10-14-26/h5-20H,1-4H3. The number of nitriles is 2. The zero-order chi connectivity index (χ0) is 32.2. The Kier molecular flexibility index (Phi) is 5.34. The van der Waals surface area contributed by atoms with Crippen molar-refractivity contribution in [3.63, 3.8) is 0 Å². The first kappa shape index (κ1) is 27.2. The molecule has 0 radical (unpaired) electrons. The van der Waals surface area contributed by atoms with E-state index in [1.54, 1.807) is 0 Å². The second-order valence-electron chi connectivity index (χ2n) is 13.6. The van der Waals surface area contributed by atoms with E-state index >= 15 is 0 Å². The Balaban J connectivity index is 1.41. The largest absolute Gasteiger partial charge is 0.308 e. The Hall–Kier alpha value is -6.11. The molecule has 0 fully saturated rings. The molecule has 0 unspecified atom stereocenters. The number of benzene rings is 5. The van der Waals surface area contributed by atoms with Gasteiger partial charge in [-0.25, -0.2) is 15.0 Å². The molecule has 2 aliphatic rings. The molecule has 2 aliphatic heterocycles. The normalized spacial score (nSPS) is 14.7. The lowest BCUT2D eigenvalue weighted by atomic mass is 9.68. The minimum Gasteiger partial charge on any atom is -0.308 e. The average molecular weight is 605 g/mol. The van der Waals surface area contributed by atoms with E-state index in [0.717, 1.165) is 60.8 Å². The lowest BCUT2D eigenvalue weighted by Crippen LogP contribution is -2.33. The van der Waals surface area contributed by atoms with Gasteiger partial charge in [0.05, 0.1) is 40.0 Å². The summed E-state index contributed by atoms with van der Waals surface area (Å²) >= 11 is 0. The topological polar surface area (TPSA) is 91.2 Å². The van der Waals surface area contributed by atoms with Crippen molar-refractivity contribution in [3.8, 4) is 52.0 Å². The molecule has 0 atom stereocenters. The summed E-state index contributed by atoms with van der Waals surface area (Å²) < 4.78 is 2.39. The molecule has 9 rings (SSSR count). The zero-order valence-electron chi connectivity index (χ0n) is 26.4. The second kappa shape index (κ2) is 9.22. The average Bonchev–Trinajstić information content (AvgIpc) is 3.43. The highest BCUT2D eigenvalue weighted by Crippen LogP contribution is 2.56. The molecule has 222 valence electrons. The summed E-state index contributed by atoms with van der Waals surface area (Å²) in [6, 6.07) is 37.4. The van der Waals surface area contributed by atoms with Gasteiger partial charge in [0.25, 0.3) is 0 Å². The Morgan fingerprint density at radius 3 is 1.32 bits per heavy atom. The van der Waals surface area contributed by atoms with Crippen LogP contribution in [0.4, 0.5) is 0 Å². The molecule has 0 aliphatic carbocycles. The van der Waals surface area contributed by atoms with E-state index in [1.165, 1.54) is 5.69 Å². The summed E-state index contributed by atoms with van der Waals surface area (Å²) in [5.41, 5.74) is 10.9. The van der Waals surface area contributed by atoms with Crippen molar-refractivity contribution in [2.45, 2.75) is 38.5 Å². The van der Waals surface area contributed by atoms with Gasteiger partial charge in [-0.1, -0.05) is 88.4 Å². The van der Waals surface area contributed by atoms with E-state index in [-0.39, 0.29) is 0 Å². The van der Waals surface area contributed by atoms with Crippen LogP contribution in [0.2, 0.25) is 0 Å². The molecule has 7 aromatic rings. The van der Waals surface area contributed by atoms with E-state index < -0.39 is 10.8 Å². The van der Waals surface area contributed by atoms with Crippen LogP contribution in [0.25, 0.3) is 61.7 Å². The van der Waals surface area contributed by atoms with Crippen LogP contribution in [0.1, 0.15) is 61.1 Å². The Labute approximate surface area is 272 Å². The van der Waals surface area contributed by atoms with E-state index in [9.17, 15) is 10.5 Å². The third-order valence-corrected chi connectivity index (χ3v) is 10.2. The number of hydrogen-bond acceptors (Lipinski definition) is 5. The maximum atomic E-state index is 10.1. The van der Waals surface area contributed by atoms with Crippen LogP contribution >= 0.6 is 0 Å². The summed E-state index contributed by atoms with van der Waals surface area (Å²) in [7, 11) is 0. The molecule has 47 heavy (non-hydrogen) atoms. The lowest BCUT2D eigenvalue weighted by molar-refractivity contribution is 0.593. The molecule has 0 amide bonds. The second-order valence-corrected chi connectivity index (χ2v) is 13.6. The lowest BCUT2D eigenvalue weighted by Gasteiger charge is -2.42. The maximum Gasteiger partial charge on any atom is 0.164 e. The molecule has 2 aromatic heterocycles. The van der Waals surface area contributed by atoms with Crippen molar-refractivity contribution >= 4 is 21.8 Å². The fourth-order valence-electron chi connectivity index (χ4n) is 7.76. The highest BCUT2D eigenvalue weighted by molar-refractivity contribution is 6.14. The molecule has 0 N–H and O–H groups in total. The summed E-state index contributed by atoms with van der Waals surface area (Å²) in [6.45, 7) is 8.96. The minimum absolute atomic E-state index is 0.446. The van der Waals surface area contributed by atoms with E-state index in [2.05, 4.69) is 56.5 Å². The molecule has 0 saturated heterocycles. The first-order chi connectivity index (χ1) is 22.7. The van der Waals surface area contributed by atoms with Crippen molar-refractivity contribution in [3.05, 3.63) is 130 Å². The van der Waals surface area contributed by atoms with E-state index in [4.69, 9.17) is 15.0 Å². The highest BCUT2D eigenvalue weighted by Gasteiger charge is 2.44. The molecule has 0 bridgehead atoms. The molecule has 0 spiro atoms. The molecule has 5 aromatic carbocycles. The molecule has 6 nitrogen and oxygen atoms in total. The zero-order valence-corrected chi connectivity index (χ0v) is 26.4. The maximum absolute atomic E-state index is 10.1. The predicted molar refractivity (Wildman–Crippen MR) is 184 cm³/mol. The van der Waals surface area contributed by atoms with Crippen molar-refractivity contribution in [2.75, 3.05) is 0 Å². The van der Waals surface area contributed by atoms with Gasteiger partial charge in [0.1, 0.15) is 0 Å². The van der Waals surface area contributed by atoms with Gasteiger partial charge in [0.2, 0.25) is 0 Å². The smallest absolute Gasteiger partial charge is 0.164 e. The van der Waals surface area contributed by atoms with E-state index in [0.29, 0.717) is 28.6 Å². The van der Waals surface area contributed by atoms with Crippen LogP contribution in [0.15, 0.2) is 97.1 Å². The highest BCUT2D eigenvalue weighted by atomic mass is 15.0. The Bertz CT molecular complexity index is 2410. The van der Waals surface area contributed by atoms with Gasteiger partial charge in [0.15, 0.2) is 17.5 Å². The quantitative estimate of drug-likeness (QED) is 0.201. The Morgan fingerprint density at radius 2 is 0.915 bits per heavy atom. The summed E-state index contributed by atoms with van der Waals surface area (Å²) in [5.74, 6) is 1.82. The van der Waals surface area contributed by atoms with Gasteiger partial charge in [0, 0.05) is 38.3 Å². The van der Waals surface area contributed by atoms with Gasteiger partial charge < -0.3 is 4.57 Å². The monoisotopic (exact) mass is 604 g/mol. The van der Waals surface area contributed by atoms with Crippen molar-refractivity contribution < 1.29 is 0 Å². The van der Waals surface area contributed by atoms with Gasteiger partial charge in [-0.3, -0.25) is 0 Å². The summed E-state index contributed by atoms with van der Waals surface area (Å²) in [4.78, 5) is 15.1. The number of rotatable bonds is 3. The van der Waals surface area contributed by atoms with Crippen molar-refractivity contribution in [1.29, 1.82) is 10.5 Å². The summed E-state index contributed by atoms with van der Waals surface area (Å²) in [5, 5.41) is 22.3. The molecular formula is C41H28N6. The van der Waals surface area contributed by atoms with Crippen LogP contribution in [0.3, 0.4) is 0 Å². The summed E-state index contributed by atoms with van der Waals surface area (Å²) in [6.07, 6.45) is 0. The fourth-order valence-corrected chi connectivity index (χ4v) is 7.76.